The molecule has 5 rings (SSSR count). The Morgan fingerprint density at radius 1 is 0.955 bits per heavy atom. The van der Waals surface area contributed by atoms with Crippen LogP contribution in [0, 0.1) is 0 Å². The lowest BCUT2D eigenvalue weighted by Gasteiger charge is -2.41. The molecule has 4 atom stereocenters. The van der Waals surface area contributed by atoms with Crippen molar-refractivity contribution in [3.63, 3.8) is 0 Å². The fourth-order valence-corrected chi connectivity index (χ4v) is 6.01. The van der Waals surface area contributed by atoms with E-state index in [0.29, 0.717) is 40.4 Å². The molecule has 0 radical (unpaired) electrons. The zero-order valence-corrected chi connectivity index (χ0v) is 24.8. The Morgan fingerprint density at radius 3 is 2.43 bits per heavy atom. The van der Waals surface area contributed by atoms with Crippen LogP contribution in [0.15, 0.2) is 78.4 Å². The summed E-state index contributed by atoms with van der Waals surface area (Å²) >= 11 is 0. The molecule has 0 aromatic heterocycles. The maximum Gasteiger partial charge on any atom is 0.247 e. The fourth-order valence-electron chi connectivity index (χ4n) is 6.01. The Hall–Kier alpha value is -4.38. The number of fused-ring (bicyclic) bond motifs is 3. The second-order valence-corrected chi connectivity index (χ2v) is 10.9. The van der Waals surface area contributed by atoms with Crippen molar-refractivity contribution >= 4 is 11.8 Å². The van der Waals surface area contributed by atoms with E-state index >= 15 is 0 Å². The predicted octanol–water partition coefficient (Wildman–Crippen LogP) is 2.13. The van der Waals surface area contributed by atoms with Gasteiger partial charge in [-0.3, -0.25) is 9.59 Å². The summed E-state index contributed by atoms with van der Waals surface area (Å²) in [7, 11) is 3.07. The molecule has 232 valence electrons. The highest BCUT2D eigenvalue weighted by molar-refractivity contribution is 5.96. The molecule has 1 aliphatic carbocycles. The van der Waals surface area contributed by atoms with Gasteiger partial charge in [0.2, 0.25) is 11.8 Å². The quantitative estimate of drug-likeness (QED) is 0.248. The van der Waals surface area contributed by atoms with Crippen LogP contribution in [0.25, 0.3) is 0 Å². The molecular formula is C34H38N2O8. The number of ether oxygens (including phenoxy) is 3. The van der Waals surface area contributed by atoms with Gasteiger partial charge in [0.1, 0.15) is 18.0 Å². The molecule has 2 aliphatic rings. The van der Waals surface area contributed by atoms with E-state index in [1.165, 1.54) is 7.11 Å². The molecule has 10 heteroatoms. The number of hydrogen-bond donors (Lipinski definition) is 4. The number of benzene rings is 3. The Morgan fingerprint density at radius 2 is 1.73 bits per heavy atom. The van der Waals surface area contributed by atoms with Crippen LogP contribution in [-0.4, -0.2) is 84.2 Å². The highest BCUT2D eigenvalue weighted by atomic mass is 16.5. The fraction of sp³-hybridized carbons (Fsp3) is 0.353. The monoisotopic (exact) mass is 602 g/mol. The number of carbonyl (C=O) groups excluding carboxylic acids is 2. The zero-order chi connectivity index (χ0) is 31.2. The topological polar surface area (TPSA) is 138 Å². The van der Waals surface area contributed by atoms with E-state index < -0.39 is 30.1 Å². The van der Waals surface area contributed by atoms with Crippen LogP contribution in [0.3, 0.4) is 0 Å². The summed E-state index contributed by atoms with van der Waals surface area (Å²) in [6, 6.07) is 19.4. The SMILES string of the molecule is COc1cccc(CCN(C(=O)Cc2ccccc2)[C@@H]2C=C(C(=O)NCCO)[C@@H]3c4cc(CO)cc(OC)c4O[C@@H]3[C@H]2O)c1. The third kappa shape index (κ3) is 6.42. The van der Waals surface area contributed by atoms with Gasteiger partial charge in [0.25, 0.3) is 0 Å². The van der Waals surface area contributed by atoms with Crippen LogP contribution in [0.5, 0.6) is 17.2 Å². The minimum absolute atomic E-state index is 0.0288. The summed E-state index contributed by atoms with van der Waals surface area (Å²) in [5.41, 5.74) is 3.23. The summed E-state index contributed by atoms with van der Waals surface area (Å²) in [6.07, 6.45) is 0.105. The molecule has 3 aromatic rings. The van der Waals surface area contributed by atoms with Crippen molar-refractivity contribution in [1.29, 1.82) is 0 Å². The van der Waals surface area contributed by atoms with E-state index in [1.54, 1.807) is 30.2 Å². The van der Waals surface area contributed by atoms with Gasteiger partial charge in [-0.1, -0.05) is 42.5 Å². The number of nitrogens with one attached hydrogen (secondary N) is 1. The number of amides is 2. The van der Waals surface area contributed by atoms with E-state index in [-0.39, 0.29) is 38.6 Å². The molecule has 2 amide bonds. The van der Waals surface area contributed by atoms with Gasteiger partial charge >= 0.3 is 0 Å². The van der Waals surface area contributed by atoms with Crippen LogP contribution in [0.2, 0.25) is 0 Å². The van der Waals surface area contributed by atoms with E-state index in [1.807, 2.05) is 54.6 Å². The summed E-state index contributed by atoms with van der Waals surface area (Å²) in [4.78, 5) is 29.2. The van der Waals surface area contributed by atoms with Crippen LogP contribution in [0.1, 0.15) is 28.2 Å². The average Bonchev–Trinajstić information content (AvgIpc) is 3.44. The molecule has 0 unspecified atom stereocenters. The predicted molar refractivity (Wildman–Crippen MR) is 163 cm³/mol. The molecule has 44 heavy (non-hydrogen) atoms. The first kappa shape index (κ1) is 31.1. The molecule has 3 aromatic carbocycles. The third-order valence-electron chi connectivity index (χ3n) is 8.15. The molecule has 0 saturated carbocycles. The lowest BCUT2D eigenvalue weighted by Crippen LogP contribution is -2.56. The summed E-state index contributed by atoms with van der Waals surface area (Å²) in [6.45, 7) is -0.225. The van der Waals surface area contributed by atoms with E-state index in [4.69, 9.17) is 14.2 Å². The molecule has 0 fully saturated rings. The summed E-state index contributed by atoms with van der Waals surface area (Å²) in [5.74, 6) is 0.0809. The average molecular weight is 603 g/mol. The number of aliphatic hydroxyl groups is 3. The van der Waals surface area contributed by atoms with Crippen molar-refractivity contribution in [3.8, 4) is 17.2 Å². The van der Waals surface area contributed by atoms with Gasteiger partial charge in [0.15, 0.2) is 11.5 Å². The number of nitrogens with zero attached hydrogens (tertiary/aromatic N) is 1. The second kappa shape index (κ2) is 13.9. The molecule has 1 aliphatic heterocycles. The number of aliphatic hydroxyl groups excluding tert-OH is 3. The van der Waals surface area contributed by atoms with Gasteiger partial charge in [0, 0.05) is 24.2 Å². The van der Waals surface area contributed by atoms with Crippen molar-refractivity contribution < 1.29 is 39.1 Å². The Bertz CT molecular complexity index is 1510. The highest BCUT2D eigenvalue weighted by Crippen LogP contribution is 2.51. The smallest absolute Gasteiger partial charge is 0.247 e. The van der Waals surface area contributed by atoms with Gasteiger partial charge in [-0.15, -0.1) is 0 Å². The second-order valence-electron chi connectivity index (χ2n) is 10.9. The molecule has 4 N–H and O–H groups in total. The van der Waals surface area contributed by atoms with Crippen LogP contribution < -0.4 is 19.5 Å². The van der Waals surface area contributed by atoms with Gasteiger partial charge < -0.3 is 39.7 Å². The van der Waals surface area contributed by atoms with Crippen molar-refractivity contribution in [1.82, 2.24) is 10.2 Å². The normalized spacial score (nSPS) is 20.1. The molecule has 10 nitrogen and oxygen atoms in total. The third-order valence-corrected chi connectivity index (χ3v) is 8.15. The lowest BCUT2D eigenvalue weighted by atomic mass is 9.77. The molecular weight excluding hydrogens is 564 g/mol. The lowest BCUT2D eigenvalue weighted by molar-refractivity contribution is -0.136. The first-order valence-corrected chi connectivity index (χ1v) is 14.6. The van der Waals surface area contributed by atoms with Crippen LogP contribution in [-0.2, 0) is 29.0 Å². The van der Waals surface area contributed by atoms with Crippen LogP contribution >= 0.6 is 0 Å². The first-order chi connectivity index (χ1) is 21.4. The Kier molecular flexibility index (Phi) is 9.84. The Balaban J connectivity index is 1.55. The highest BCUT2D eigenvalue weighted by Gasteiger charge is 2.51. The Labute approximate surface area is 256 Å². The largest absolute Gasteiger partial charge is 0.497 e. The number of methoxy groups -OCH3 is 2. The molecule has 0 saturated heterocycles. The zero-order valence-electron chi connectivity index (χ0n) is 24.8. The minimum atomic E-state index is -1.20. The minimum Gasteiger partial charge on any atom is -0.497 e. The number of hydrogen-bond acceptors (Lipinski definition) is 8. The first-order valence-electron chi connectivity index (χ1n) is 14.6. The van der Waals surface area contributed by atoms with Crippen molar-refractivity contribution in [2.45, 2.75) is 43.6 Å². The molecule has 0 bridgehead atoms. The summed E-state index contributed by atoms with van der Waals surface area (Å²) in [5, 5.41) is 33.9. The van der Waals surface area contributed by atoms with E-state index in [2.05, 4.69) is 5.32 Å². The van der Waals surface area contributed by atoms with Gasteiger partial charge in [-0.2, -0.15) is 0 Å². The van der Waals surface area contributed by atoms with Crippen LogP contribution in [0.4, 0.5) is 0 Å². The standard InChI is InChI=1S/C34H38N2O8/c1-42-24-10-6-9-22(15-24)11-13-36(29(39)18-21-7-4-3-5-8-21)27-19-26(34(41)35-12-14-37)30-25-16-23(20-38)17-28(43-2)32(25)44-33(30)31(27)40/h3-10,15-17,19,27,30-31,33,37-38,40H,11-14,18,20H2,1-2H3,(H,35,41)/t27-,30+,31+,33+/m1/s1. The maximum atomic E-state index is 14.0. The van der Waals surface area contributed by atoms with Crippen molar-refractivity contribution in [2.75, 3.05) is 33.9 Å². The van der Waals surface area contributed by atoms with Gasteiger partial charge in [-0.25, -0.2) is 0 Å². The number of carbonyl (C=O) groups is 2. The van der Waals surface area contributed by atoms with Crippen molar-refractivity contribution in [2.24, 2.45) is 0 Å². The van der Waals surface area contributed by atoms with Gasteiger partial charge in [0.05, 0.1) is 45.8 Å². The maximum absolute atomic E-state index is 14.0. The molecule has 1 heterocycles. The summed E-state index contributed by atoms with van der Waals surface area (Å²) < 4.78 is 17.2. The van der Waals surface area contributed by atoms with Crippen molar-refractivity contribution in [3.05, 3.63) is 101 Å². The van der Waals surface area contributed by atoms with E-state index in [9.17, 15) is 24.9 Å². The molecule has 0 spiro atoms. The van der Waals surface area contributed by atoms with Gasteiger partial charge in [-0.05, 0) is 53.5 Å². The number of rotatable bonds is 12. The van der Waals surface area contributed by atoms with E-state index in [0.717, 1.165) is 11.1 Å².